The van der Waals surface area contributed by atoms with E-state index in [1.165, 1.54) is 0 Å². The molecule has 2 aromatic heterocycles. The van der Waals surface area contributed by atoms with Gasteiger partial charge in [-0.05, 0) is 61.7 Å². The largest absolute Gasteiger partial charge is 0.323 e. The molecular weight excluding hydrogens is 328 g/mol. The zero-order valence-corrected chi connectivity index (χ0v) is 14.4. The average Bonchev–Trinajstić information content (AvgIpc) is 2.61. The number of amides is 2. The first-order valence-corrected chi connectivity index (χ1v) is 8.57. The predicted molar refractivity (Wildman–Crippen MR) is 101 cm³/mol. The van der Waals surface area contributed by atoms with Gasteiger partial charge >= 0.3 is 6.03 Å². The number of ketones is 1. The molecule has 2 amide bonds. The Hall–Kier alpha value is -3.28. The monoisotopic (exact) mass is 346 g/mol. The van der Waals surface area contributed by atoms with Crippen LogP contribution in [-0.4, -0.2) is 21.8 Å². The maximum atomic E-state index is 12.4. The first-order chi connectivity index (χ1) is 12.6. The summed E-state index contributed by atoms with van der Waals surface area (Å²) in [6, 6.07) is 10.5. The number of aryl methyl sites for hydroxylation is 2. The van der Waals surface area contributed by atoms with E-state index in [2.05, 4.69) is 20.6 Å². The molecule has 2 heterocycles. The summed E-state index contributed by atoms with van der Waals surface area (Å²) in [7, 11) is 0. The van der Waals surface area contributed by atoms with E-state index in [0.29, 0.717) is 23.3 Å². The Bertz CT molecular complexity index is 1030. The number of nitrogens with zero attached hydrogens (tertiary/aromatic N) is 2. The lowest BCUT2D eigenvalue weighted by Gasteiger charge is -2.16. The number of urea groups is 1. The Labute approximate surface area is 150 Å². The Morgan fingerprint density at radius 1 is 1.12 bits per heavy atom. The molecule has 0 unspecified atom stereocenters. The fourth-order valence-corrected chi connectivity index (χ4v) is 3.30. The second-order valence-corrected chi connectivity index (χ2v) is 6.41. The molecule has 1 aliphatic rings. The summed E-state index contributed by atoms with van der Waals surface area (Å²) in [4.78, 5) is 33.1. The molecule has 1 aromatic carbocycles. The minimum absolute atomic E-state index is 0.173. The van der Waals surface area contributed by atoms with Crippen LogP contribution in [0, 0.1) is 6.92 Å². The summed E-state index contributed by atoms with van der Waals surface area (Å²) in [5.74, 6) is 0.173. The maximum absolute atomic E-state index is 12.4. The molecule has 0 bridgehead atoms. The van der Waals surface area contributed by atoms with Gasteiger partial charge in [-0.2, -0.15) is 0 Å². The second-order valence-electron chi connectivity index (χ2n) is 6.41. The van der Waals surface area contributed by atoms with Crippen LogP contribution in [0.1, 0.15) is 34.5 Å². The van der Waals surface area contributed by atoms with Crippen molar-refractivity contribution in [1.82, 2.24) is 9.97 Å². The lowest BCUT2D eigenvalue weighted by atomic mass is 9.90. The normalized spacial score (nSPS) is 13.3. The summed E-state index contributed by atoms with van der Waals surface area (Å²) < 4.78 is 0. The highest BCUT2D eigenvalue weighted by Crippen LogP contribution is 2.25. The number of pyridine rings is 2. The highest BCUT2D eigenvalue weighted by Gasteiger charge is 2.17. The highest BCUT2D eigenvalue weighted by molar-refractivity contribution is 6.05. The van der Waals surface area contributed by atoms with Gasteiger partial charge in [0.2, 0.25) is 0 Å². The SMILES string of the molecule is Cc1cc(NC(=O)Nc2ccc3c(c2)CCCC3=O)c2ncccc2n1. The summed E-state index contributed by atoms with van der Waals surface area (Å²) >= 11 is 0. The Balaban J connectivity index is 1.56. The van der Waals surface area contributed by atoms with Crippen LogP contribution in [0.15, 0.2) is 42.6 Å². The molecule has 0 fully saturated rings. The third-order valence-corrected chi connectivity index (χ3v) is 4.45. The molecular formula is C20H18N4O2. The lowest BCUT2D eigenvalue weighted by molar-refractivity contribution is 0.0972. The molecule has 6 heteroatoms. The number of carbonyl (C=O) groups is 2. The number of rotatable bonds is 2. The molecule has 0 radical (unpaired) electrons. The van der Waals surface area contributed by atoms with E-state index in [0.717, 1.165) is 35.2 Å². The van der Waals surface area contributed by atoms with Crippen LogP contribution in [0.25, 0.3) is 11.0 Å². The number of fused-ring (bicyclic) bond motifs is 2. The number of aromatic nitrogens is 2. The first kappa shape index (κ1) is 16.2. The van der Waals surface area contributed by atoms with Gasteiger partial charge in [0, 0.05) is 29.6 Å². The van der Waals surface area contributed by atoms with Gasteiger partial charge < -0.3 is 10.6 Å². The molecule has 0 spiro atoms. The smallest absolute Gasteiger partial charge is 0.308 e. The van der Waals surface area contributed by atoms with Crippen molar-refractivity contribution >= 4 is 34.2 Å². The zero-order chi connectivity index (χ0) is 18.1. The Morgan fingerprint density at radius 3 is 2.88 bits per heavy atom. The fourth-order valence-electron chi connectivity index (χ4n) is 3.30. The third-order valence-electron chi connectivity index (χ3n) is 4.45. The minimum atomic E-state index is -0.357. The summed E-state index contributed by atoms with van der Waals surface area (Å²) in [6.07, 6.45) is 3.98. The van der Waals surface area contributed by atoms with Gasteiger partial charge in [0.15, 0.2) is 5.78 Å². The van der Waals surface area contributed by atoms with E-state index in [1.807, 2.05) is 25.1 Å². The molecule has 0 saturated carbocycles. The van der Waals surface area contributed by atoms with Crippen LogP contribution >= 0.6 is 0 Å². The molecule has 1 aliphatic carbocycles. The van der Waals surface area contributed by atoms with E-state index in [4.69, 9.17) is 0 Å². The van der Waals surface area contributed by atoms with Gasteiger partial charge in [0.25, 0.3) is 0 Å². The van der Waals surface area contributed by atoms with Crippen LogP contribution in [0.3, 0.4) is 0 Å². The van der Waals surface area contributed by atoms with Crippen LogP contribution in [0.5, 0.6) is 0 Å². The number of benzene rings is 1. The van der Waals surface area contributed by atoms with Gasteiger partial charge in [-0.25, -0.2) is 4.79 Å². The van der Waals surface area contributed by atoms with E-state index in [1.54, 1.807) is 24.4 Å². The van der Waals surface area contributed by atoms with Crippen LogP contribution in [0.2, 0.25) is 0 Å². The third kappa shape index (κ3) is 3.13. The van der Waals surface area contributed by atoms with Crippen molar-refractivity contribution < 1.29 is 9.59 Å². The summed E-state index contributed by atoms with van der Waals surface area (Å²) in [6.45, 7) is 1.87. The van der Waals surface area contributed by atoms with Gasteiger partial charge in [0.05, 0.1) is 11.2 Å². The molecule has 2 N–H and O–H groups in total. The topological polar surface area (TPSA) is 84.0 Å². The molecule has 4 rings (SSSR count). The van der Waals surface area contributed by atoms with Crippen molar-refractivity contribution in [2.45, 2.75) is 26.2 Å². The lowest BCUT2D eigenvalue weighted by Crippen LogP contribution is -2.20. The fraction of sp³-hybridized carbons (Fsp3) is 0.200. The first-order valence-electron chi connectivity index (χ1n) is 8.57. The van der Waals surface area contributed by atoms with Crippen molar-refractivity contribution in [3.63, 3.8) is 0 Å². The average molecular weight is 346 g/mol. The Kier molecular flexibility index (Phi) is 4.08. The second kappa shape index (κ2) is 6.55. The van der Waals surface area contributed by atoms with Gasteiger partial charge in [-0.15, -0.1) is 0 Å². The minimum Gasteiger partial charge on any atom is -0.308 e. The number of nitrogens with one attached hydrogen (secondary N) is 2. The maximum Gasteiger partial charge on any atom is 0.323 e. The summed E-state index contributed by atoms with van der Waals surface area (Å²) in [5, 5.41) is 5.67. The predicted octanol–water partition coefficient (Wildman–Crippen LogP) is 4.10. The van der Waals surface area contributed by atoms with E-state index < -0.39 is 0 Å². The van der Waals surface area contributed by atoms with E-state index in [9.17, 15) is 9.59 Å². The van der Waals surface area contributed by atoms with Crippen LogP contribution in [-0.2, 0) is 6.42 Å². The van der Waals surface area contributed by atoms with E-state index in [-0.39, 0.29) is 11.8 Å². The van der Waals surface area contributed by atoms with Crippen molar-refractivity contribution in [2.24, 2.45) is 0 Å². The number of hydrogen-bond donors (Lipinski definition) is 2. The molecule has 6 nitrogen and oxygen atoms in total. The van der Waals surface area contributed by atoms with Crippen LogP contribution < -0.4 is 10.6 Å². The van der Waals surface area contributed by atoms with Gasteiger partial charge in [-0.3, -0.25) is 14.8 Å². The summed E-state index contributed by atoms with van der Waals surface area (Å²) in [5.41, 5.74) is 5.21. The quantitative estimate of drug-likeness (QED) is 0.731. The molecule has 0 atom stereocenters. The van der Waals surface area contributed by atoms with Crippen LogP contribution in [0.4, 0.5) is 16.2 Å². The standard InChI is InChI=1S/C20H18N4O2/c1-12-10-17(19-16(22-12)5-3-9-21-19)24-20(26)23-14-7-8-15-13(11-14)4-2-6-18(15)25/h3,5,7-11H,2,4,6H2,1H3,(H2,22,23,24,26). The van der Waals surface area contributed by atoms with Gasteiger partial charge in [-0.1, -0.05) is 0 Å². The molecule has 130 valence electrons. The van der Waals surface area contributed by atoms with Gasteiger partial charge in [0.1, 0.15) is 5.52 Å². The molecule has 0 saturated heterocycles. The Morgan fingerprint density at radius 2 is 2.00 bits per heavy atom. The number of carbonyl (C=O) groups excluding carboxylic acids is 2. The number of Topliss-reactive ketones (excluding diaryl/α,β-unsaturated/α-hetero) is 1. The highest BCUT2D eigenvalue weighted by atomic mass is 16.2. The van der Waals surface area contributed by atoms with Crippen molar-refractivity contribution in [3.8, 4) is 0 Å². The molecule has 0 aliphatic heterocycles. The molecule has 3 aromatic rings. The number of anilines is 2. The van der Waals surface area contributed by atoms with Crippen molar-refractivity contribution in [2.75, 3.05) is 10.6 Å². The van der Waals surface area contributed by atoms with E-state index >= 15 is 0 Å². The van der Waals surface area contributed by atoms with Crippen molar-refractivity contribution in [3.05, 3.63) is 59.4 Å². The number of hydrogen-bond acceptors (Lipinski definition) is 4. The zero-order valence-electron chi connectivity index (χ0n) is 14.4. The molecule has 26 heavy (non-hydrogen) atoms. The van der Waals surface area contributed by atoms with Crippen molar-refractivity contribution in [1.29, 1.82) is 0 Å².